The van der Waals surface area contributed by atoms with E-state index in [1.54, 1.807) is 0 Å². The quantitative estimate of drug-likeness (QED) is 0.498. The third-order valence-corrected chi connectivity index (χ3v) is 2.32. The number of rotatable bonds is 0. The summed E-state index contributed by atoms with van der Waals surface area (Å²) < 4.78 is 21.5. The fourth-order valence-electron chi connectivity index (χ4n) is 0.649. The molecule has 5 heteroatoms. The van der Waals surface area contributed by atoms with Gasteiger partial charge in [0.15, 0.2) is 9.84 Å². The number of sulfone groups is 1. The Morgan fingerprint density at radius 1 is 1.50 bits per heavy atom. The van der Waals surface area contributed by atoms with Gasteiger partial charge in [-0.2, -0.15) is 0 Å². The molecule has 4 nitrogen and oxygen atoms in total. The average Bonchev–Trinajstić information content (AvgIpc) is 1.90. The summed E-state index contributed by atoms with van der Waals surface area (Å²) in [6.07, 6.45) is 1.42. The summed E-state index contributed by atoms with van der Waals surface area (Å²) in [6.45, 7) is 0.304. The molecule has 1 rings (SSSR count). The van der Waals surface area contributed by atoms with Crippen molar-refractivity contribution < 1.29 is 13.2 Å². The first-order valence-electron chi connectivity index (χ1n) is 2.76. The first-order valence-corrected chi connectivity index (χ1v) is 4.48. The van der Waals surface area contributed by atoms with Crippen molar-refractivity contribution in [2.45, 2.75) is 0 Å². The van der Waals surface area contributed by atoms with Crippen molar-refractivity contribution in [3.63, 3.8) is 0 Å². The largest absolute Gasteiger partial charge is 0.352 e. The number of nitrogens with one attached hydrogen (secondary N) is 1. The molecule has 1 aliphatic rings. The highest BCUT2D eigenvalue weighted by Crippen LogP contribution is 1.94. The fraction of sp³-hybridized carbons (Fsp3) is 0.400. The third-order valence-electron chi connectivity index (χ3n) is 1.05. The van der Waals surface area contributed by atoms with Gasteiger partial charge in [-0.25, -0.2) is 8.42 Å². The molecule has 0 spiro atoms. The second-order valence-electron chi connectivity index (χ2n) is 1.98. The Morgan fingerprint density at radius 3 is 2.90 bits per heavy atom. The van der Waals surface area contributed by atoms with Crippen molar-refractivity contribution >= 4 is 15.7 Å². The van der Waals surface area contributed by atoms with Crippen molar-refractivity contribution in [3.8, 4) is 0 Å². The molecule has 0 aromatic rings. The van der Waals surface area contributed by atoms with Crippen LogP contribution in [-0.4, -0.2) is 26.6 Å². The first kappa shape index (κ1) is 7.27. The summed E-state index contributed by atoms with van der Waals surface area (Å²) in [6, 6.07) is 0. The molecule has 0 fully saturated rings. The number of carbonyl (C=O) groups is 1. The second-order valence-corrected chi connectivity index (χ2v) is 3.87. The minimum absolute atomic E-state index is 0.304. The lowest BCUT2D eigenvalue weighted by Gasteiger charge is -1.94. The molecule has 0 aromatic carbocycles. The summed E-state index contributed by atoms with van der Waals surface area (Å²) in [5, 5.41) is 3.46. The lowest BCUT2D eigenvalue weighted by Crippen LogP contribution is -2.27. The van der Waals surface area contributed by atoms with Crippen LogP contribution in [0, 0.1) is 0 Å². The monoisotopic (exact) mass is 161 g/mol. The minimum Gasteiger partial charge on any atom is -0.352 e. The molecule has 0 unspecified atom stereocenters. The van der Waals surface area contributed by atoms with Crippen LogP contribution in [0.25, 0.3) is 0 Å². The van der Waals surface area contributed by atoms with Crippen LogP contribution in [0.4, 0.5) is 0 Å². The van der Waals surface area contributed by atoms with E-state index >= 15 is 0 Å². The van der Waals surface area contributed by atoms with E-state index in [0.29, 0.717) is 6.54 Å². The van der Waals surface area contributed by atoms with Gasteiger partial charge in [-0.3, -0.25) is 4.79 Å². The molecule has 0 aliphatic carbocycles. The minimum atomic E-state index is -3.26. The van der Waals surface area contributed by atoms with E-state index in [1.807, 2.05) is 0 Å². The summed E-state index contributed by atoms with van der Waals surface area (Å²) >= 11 is 0. The van der Waals surface area contributed by atoms with Crippen LogP contribution in [0.15, 0.2) is 11.5 Å². The van der Waals surface area contributed by atoms with E-state index in [1.165, 1.54) is 6.08 Å². The van der Waals surface area contributed by atoms with Gasteiger partial charge in [0.2, 0.25) is 5.91 Å². The summed E-state index contributed by atoms with van der Waals surface area (Å²) in [4.78, 5) is 10.6. The Labute approximate surface area is 58.8 Å². The maximum atomic E-state index is 10.7. The van der Waals surface area contributed by atoms with E-state index in [9.17, 15) is 13.2 Å². The highest BCUT2D eigenvalue weighted by Gasteiger charge is 2.14. The number of hydrogen-bond donors (Lipinski definition) is 1. The Bertz CT molecular complexity index is 265. The van der Waals surface area contributed by atoms with Gasteiger partial charge in [-0.15, -0.1) is 0 Å². The molecule has 0 aromatic heterocycles. The number of carbonyl (C=O) groups excluding carboxylic acids is 1. The van der Waals surface area contributed by atoms with Crippen LogP contribution in [0.3, 0.4) is 0 Å². The summed E-state index contributed by atoms with van der Waals surface area (Å²) in [5.41, 5.74) is 0. The average molecular weight is 161 g/mol. The van der Waals surface area contributed by atoms with Gasteiger partial charge in [-0.05, 0) is 0 Å². The van der Waals surface area contributed by atoms with E-state index in [-0.39, 0.29) is 0 Å². The molecule has 56 valence electrons. The van der Waals surface area contributed by atoms with Gasteiger partial charge in [0.05, 0.1) is 0 Å². The lowest BCUT2D eigenvalue weighted by molar-refractivity contribution is -0.118. The maximum Gasteiger partial charge on any atom is 0.235 e. The second kappa shape index (κ2) is 2.42. The summed E-state index contributed by atoms with van der Waals surface area (Å²) in [5.74, 6) is -0.867. The molecule has 0 saturated heterocycles. The SMILES string of the molecule is O=C1CS(=O)(=O)C=CCN1. The highest BCUT2D eigenvalue weighted by atomic mass is 32.2. The molecule has 1 aliphatic heterocycles. The lowest BCUT2D eigenvalue weighted by atomic mass is 10.6. The van der Waals surface area contributed by atoms with Crippen molar-refractivity contribution in [2.24, 2.45) is 0 Å². The Balaban J connectivity index is 2.89. The standard InChI is InChI=1S/C5H7NO3S/c7-5-4-10(8,9)3-1-2-6-5/h1,3H,2,4H2,(H,6,7). The predicted molar refractivity (Wildman–Crippen MR) is 35.9 cm³/mol. The normalized spacial score (nSPS) is 23.4. The topological polar surface area (TPSA) is 63.2 Å². The molecule has 0 atom stereocenters. The summed E-state index contributed by atoms with van der Waals surface area (Å²) in [7, 11) is -3.26. The van der Waals surface area contributed by atoms with Gasteiger partial charge < -0.3 is 5.32 Å². The molecule has 0 radical (unpaired) electrons. The zero-order valence-electron chi connectivity index (χ0n) is 5.20. The van der Waals surface area contributed by atoms with Crippen LogP contribution in [0.2, 0.25) is 0 Å². The van der Waals surface area contributed by atoms with Crippen LogP contribution < -0.4 is 5.32 Å². The molecule has 1 amide bonds. The van der Waals surface area contributed by atoms with Crippen LogP contribution in [-0.2, 0) is 14.6 Å². The maximum absolute atomic E-state index is 10.7. The highest BCUT2D eigenvalue weighted by molar-refractivity contribution is 7.94. The predicted octanol–water partition coefficient (Wildman–Crippen LogP) is -0.955. The molecule has 0 saturated carbocycles. The van der Waals surface area contributed by atoms with Crippen LogP contribution in [0.5, 0.6) is 0 Å². The Hall–Kier alpha value is -0.840. The number of hydrogen-bond acceptors (Lipinski definition) is 3. The molecule has 1 heterocycles. The van der Waals surface area contributed by atoms with Gasteiger partial charge in [-0.1, -0.05) is 6.08 Å². The molecular weight excluding hydrogens is 154 g/mol. The molecular formula is C5H7NO3S. The zero-order chi connectivity index (χ0) is 7.61. The van der Waals surface area contributed by atoms with E-state index in [0.717, 1.165) is 5.41 Å². The van der Waals surface area contributed by atoms with Gasteiger partial charge >= 0.3 is 0 Å². The van der Waals surface area contributed by atoms with E-state index < -0.39 is 21.5 Å². The van der Waals surface area contributed by atoms with E-state index in [4.69, 9.17) is 0 Å². The fourth-order valence-corrected chi connectivity index (χ4v) is 1.60. The van der Waals surface area contributed by atoms with Crippen molar-refractivity contribution in [1.82, 2.24) is 5.32 Å². The smallest absolute Gasteiger partial charge is 0.235 e. The zero-order valence-corrected chi connectivity index (χ0v) is 6.02. The van der Waals surface area contributed by atoms with Gasteiger partial charge in [0.1, 0.15) is 5.75 Å². The van der Waals surface area contributed by atoms with Crippen LogP contribution in [0.1, 0.15) is 0 Å². The van der Waals surface area contributed by atoms with Gasteiger partial charge in [0, 0.05) is 12.0 Å². The first-order chi connectivity index (χ1) is 4.60. The van der Waals surface area contributed by atoms with Crippen molar-refractivity contribution in [1.29, 1.82) is 0 Å². The molecule has 10 heavy (non-hydrogen) atoms. The molecule has 1 N–H and O–H groups in total. The van der Waals surface area contributed by atoms with Crippen LogP contribution >= 0.6 is 0 Å². The Kier molecular flexibility index (Phi) is 1.76. The molecule has 0 bridgehead atoms. The Morgan fingerprint density at radius 2 is 2.20 bits per heavy atom. The van der Waals surface area contributed by atoms with Crippen molar-refractivity contribution in [2.75, 3.05) is 12.3 Å². The number of amides is 1. The third kappa shape index (κ3) is 1.84. The van der Waals surface area contributed by atoms with Gasteiger partial charge in [0.25, 0.3) is 0 Å². The van der Waals surface area contributed by atoms with Crippen molar-refractivity contribution in [3.05, 3.63) is 11.5 Å². The van der Waals surface area contributed by atoms with E-state index in [2.05, 4.69) is 5.32 Å².